The number of phosphoric acid groups is 1. The van der Waals surface area contributed by atoms with Crippen molar-refractivity contribution in [2.45, 2.75) is 185 Å². The molecule has 0 aromatic carbocycles. The van der Waals surface area contributed by atoms with Crippen LogP contribution in [-0.4, -0.2) is 98.9 Å². The number of carbonyl (C=O) groups excluding carboxylic acids is 1. The van der Waals surface area contributed by atoms with Crippen LogP contribution in [0.3, 0.4) is 0 Å². The number of rotatable bonds is 38. The largest absolute Gasteiger partial charge is 0.472 e. The fourth-order valence-electron chi connectivity index (χ4n) is 6.43. The molecule has 64 heavy (non-hydrogen) atoms. The molecule has 0 bridgehead atoms. The highest BCUT2D eigenvalue weighted by Gasteiger charge is 2.51. The summed E-state index contributed by atoms with van der Waals surface area (Å²) in [6.45, 7) is 3.92. The average molecular weight is 919 g/mol. The lowest BCUT2D eigenvalue weighted by Crippen LogP contribution is -2.64. The molecule has 0 radical (unpaired) electrons. The molecular formula is C51H83O12P. The Morgan fingerprint density at radius 1 is 0.500 bits per heavy atom. The normalized spacial score (nSPS) is 22.7. The van der Waals surface area contributed by atoms with Gasteiger partial charge in [-0.05, 0) is 96.3 Å². The number of esters is 1. The SMILES string of the molecule is CC/C=C\C/C=C\C/C=C\C/C=C\C/C=C\C/C=C\CCCCCCCOCC(COP(=O)(O)OC1C(O)C(O)C(O)C(O)C1O)OC(=O)CCCCC/C=C\C/C=C\C/C=C\CC. The summed E-state index contributed by atoms with van der Waals surface area (Å²) >= 11 is 0. The van der Waals surface area contributed by atoms with Crippen molar-refractivity contribution in [1.82, 2.24) is 0 Å². The summed E-state index contributed by atoms with van der Waals surface area (Å²) in [7, 11) is -5.04. The third kappa shape index (κ3) is 31.8. The smallest absolute Gasteiger partial charge is 0.457 e. The Kier molecular flexibility index (Phi) is 37.2. The van der Waals surface area contributed by atoms with Gasteiger partial charge in [-0.1, -0.05) is 149 Å². The van der Waals surface area contributed by atoms with Gasteiger partial charge in [-0.25, -0.2) is 4.57 Å². The van der Waals surface area contributed by atoms with Crippen LogP contribution in [0.1, 0.15) is 142 Å². The number of aliphatic hydroxyl groups is 5. The molecule has 1 saturated carbocycles. The summed E-state index contributed by atoms with van der Waals surface area (Å²) < 4.78 is 34.1. The van der Waals surface area contributed by atoms with Crippen molar-refractivity contribution in [2.24, 2.45) is 0 Å². The van der Waals surface area contributed by atoms with E-state index in [4.69, 9.17) is 18.5 Å². The minimum absolute atomic E-state index is 0.110. The Morgan fingerprint density at radius 3 is 1.33 bits per heavy atom. The lowest BCUT2D eigenvalue weighted by atomic mass is 9.85. The maximum Gasteiger partial charge on any atom is 0.472 e. The number of hydrogen-bond donors (Lipinski definition) is 6. The van der Waals surface area contributed by atoms with E-state index in [0.29, 0.717) is 13.0 Å². The number of carbonyl (C=O) groups is 1. The van der Waals surface area contributed by atoms with Crippen LogP contribution in [0.15, 0.2) is 109 Å². The highest BCUT2D eigenvalue weighted by atomic mass is 31.2. The zero-order chi connectivity index (χ0) is 46.9. The van der Waals surface area contributed by atoms with Gasteiger partial charge in [0.1, 0.15) is 42.7 Å². The molecule has 6 atom stereocenters. The van der Waals surface area contributed by atoms with E-state index in [2.05, 4.69) is 123 Å². The summed E-state index contributed by atoms with van der Waals surface area (Å²) in [5.41, 5.74) is 0. The number of aliphatic hydroxyl groups excluding tert-OH is 5. The van der Waals surface area contributed by atoms with Gasteiger partial charge >= 0.3 is 13.8 Å². The van der Waals surface area contributed by atoms with Gasteiger partial charge in [-0.2, -0.15) is 0 Å². The predicted octanol–water partition coefficient (Wildman–Crippen LogP) is 10.1. The molecule has 0 saturated heterocycles. The standard InChI is InChI=1S/C51H83O12P/c1-3-5-7-9-11-13-15-17-18-19-20-21-22-23-24-25-26-27-29-31-33-35-37-39-41-60-42-44(43-61-64(58,59)63-51-49(56)47(54)46(53)48(55)50(51)57)62-45(52)40-38-36-34-32-30-28-16-14-12-10-8-6-4-2/h5-8,11-14,17-18,20-21,23-24,26-28,30,44,46-51,53-57H,3-4,9-10,15-16,19,22,25,29,31-43H2,1-2H3,(H,58,59)/b7-5-,8-6-,13-11-,14-12-,18-17-,21-20-,24-23-,27-26-,30-28-. The van der Waals surface area contributed by atoms with Crippen molar-refractivity contribution < 1.29 is 58.3 Å². The Bertz CT molecular complexity index is 1470. The second-order valence-electron chi connectivity index (χ2n) is 15.8. The minimum atomic E-state index is -5.04. The van der Waals surface area contributed by atoms with Crippen LogP contribution < -0.4 is 0 Å². The first-order valence-corrected chi connectivity index (χ1v) is 25.2. The van der Waals surface area contributed by atoms with Crippen LogP contribution in [0.4, 0.5) is 0 Å². The topological polar surface area (TPSA) is 192 Å². The maximum absolute atomic E-state index is 12.8. The van der Waals surface area contributed by atoms with E-state index < -0.39 is 63.1 Å². The van der Waals surface area contributed by atoms with Crippen molar-refractivity contribution in [3.05, 3.63) is 109 Å². The number of allylic oxidation sites excluding steroid dienone is 18. The van der Waals surface area contributed by atoms with Crippen molar-refractivity contribution in [3.63, 3.8) is 0 Å². The zero-order valence-corrected chi connectivity index (χ0v) is 39.7. The fourth-order valence-corrected chi connectivity index (χ4v) is 7.40. The summed E-state index contributed by atoms with van der Waals surface area (Å²) in [5.74, 6) is -0.519. The Labute approximate surface area is 385 Å². The monoisotopic (exact) mass is 919 g/mol. The maximum atomic E-state index is 12.8. The van der Waals surface area contributed by atoms with Gasteiger partial charge in [0, 0.05) is 13.0 Å². The zero-order valence-electron chi connectivity index (χ0n) is 38.8. The second-order valence-corrected chi connectivity index (χ2v) is 17.2. The van der Waals surface area contributed by atoms with Crippen molar-refractivity contribution >= 4 is 13.8 Å². The Hall–Kier alpha value is -3.00. The predicted molar refractivity (Wildman–Crippen MR) is 257 cm³/mol. The van der Waals surface area contributed by atoms with Gasteiger partial charge < -0.3 is 39.9 Å². The molecule has 1 fully saturated rings. The van der Waals surface area contributed by atoms with Gasteiger partial charge in [0.05, 0.1) is 13.2 Å². The lowest BCUT2D eigenvalue weighted by molar-refractivity contribution is -0.220. The molecule has 364 valence electrons. The van der Waals surface area contributed by atoms with Gasteiger partial charge in [0.15, 0.2) is 0 Å². The Morgan fingerprint density at radius 2 is 0.875 bits per heavy atom. The summed E-state index contributed by atoms with van der Waals surface area (Å²) in [6, 6.07) is 0. The van der Waals surface area contributed by atoms with Crippen molar-refractivity contribution in [2.75, 3.05) is 19.8 Å². The van der Waals surface area contributed by atoms with E-state index >= 15 is 0 Å². The minimum Gasteiger partial charge on any atom is -0.457 e. The van der Waals surface area contributed by atoms with Crippen LogP contribution in [0.25, 0.3) is 0 Å². The molecule has 13 heteroatoms. The molecule has 1 aliphatic rings. The fraction of sp³-hybridized carbons (Fsp3) is 0.627. The highest BCUT2D eigenvalue weighted by Crippen LogP contribution is 2.47. The molecule has 6 N–H and O–H groups in total. The molecule has 0 spiro atoms. The molecule has 0 aromatic heterocycles. The molecule has 0 heterocycles. The summed E-state index contributed by atoms with van der Waals surface area (Å²) in [5, 5.41) is 50.2. The molecule has 0 amide bonds. The van der Waals surface area contributed by atoms with Crippen LogP contribution in [0.5, 0.6) is 0 Å². The number of phosphoric ester groups is 1. The first kappa shape index (κ1) is 59.0. The Balaban J connectivity index is 2.39. The highest BCUT2D eigenvalue weighted by molar-refractivity contribution is 7.47. The second kappa shape index (κ2) is 40.3. The first-order valence-electron chi connectivity index (χ1n) is 23.7. The van der Waals surface area contributed by atoms with Crippen molar-refractivity contribution in [3.8, 4) is 0 Å². The van der Waals surface area contributed by atoms with Gasteiger partial charge in [-0.3, -0.25) is 13.8 Å². The molecule has 0 aromatic rings. The van der Waals surface area contributed by atoms with Crippen LogP contribution in [-0.2, 0) is 27.9 Å². The average Bonchev–Trinajstić information content (AvgIpc) is 3.28. The molecule has 12 nitrogen and oxygen atoms in total. The van der Waals surface area contributed by atoms with E-state index in [1.165, 1.54) is 0 Å². The van der Waals surface area contributed by atoms with Gasteiger partial charge in [0.2, 0.25) is 0 Å². The lowest BCUT2D eigenvalue weighted by Gasteiger charge is -2.41. The number of ether oxygens (including phenoxy) is 2. The van der Waals surface area contributed by atoms with E-state index in [1.807, 2.05) is 0 Å². The van der Waals surface area contributed by atoms with E-state index in [1.54, 1.807) is 0 Å². The van der Waals surface area contributed by atoms with Gasteiger partial charge in [-0.15, -0.1) is 0 Å². The number of unbranched alkanes of at least 4 members (excludes halogenated alkanes) is 8. The molecule has 0 aliphatic heterocycles. The molecule has 1 aliphatic carbocycles. The van der Waals surface area contributed by atoms with Crippen LogP contribution >= 0.6 is 7.82 Å². The quantitative estimate of drug-likeness (QED) is 0.0149. The van der Waals surface area contributed by atoms with Gasteiger partial charge in [0.25, 0.3) is 0 Å². The van der Waals surface area contributed by atoms with Crippen LogP contribution in [0.2, 0.25) is 0 Å². The first-order chi connectivity index (χ1) is 31.0. The molecular weight excluding hydrogens is 836 g/mol. The summed E-state index contributed by atoms with van der Waals surface area (Å²) in [6.07, 6.45) is 44.5. The van der Waals surface area contributed by atoms with E-state index in [0.717, 1.165) is 116 Å². The van der Waals surface area contributed by atoms with E-state index in [-0.39, 0.29) is 13.0 Å². The van der Waals surface area contributed by atoms with Crippen molar-refractivity contribution in [1.29, 1.82) is 0 Å². The van der Waals surface area contributed by atoms with Crippen LogP contribution in [0, 0.1) is 0 Å². The molecule has 6 unspecified atom stereocenters. The van der Waals surface area contributed by atoms with E-state index in [9.17, 15) is 39.8 Å². The number of hydrogen-bond acceptors (Lipinski definition) is 11. The third-order valence-corrected chi connectivity index (χ3v) is 11.1. The third-order valence-electron chi connectivity index (χ3n) is 10.1. The molecule has 1 rings (SSSR count). The summed E-state index contributed by atoms with van der Waals surface area (Å²) in [4.78, 5) is 23.1.